The van der Waals surface area contributed by atoms with Crippen LogP contribution in [-0.4, -0.2) is 12.7 Å². The van der Waals surface area contributed by atoms with Crippen molar-refractivity contribution in [2.24, 2.45) is 52.3 Å². The van der Waals surface area contributed by atoms with E-state index >= 15 is 0 Å². The van der Waals surface area contributed by atoms with E-state index in [4.69, 9.17) is 4.74 Å². The van der Waals surface area contributed by atoms with Crippen molar-refractivity contribution in [2.45, 2.75) is 124 Å². The fourth-order valence-corrected chi connectivity index (χ4v) is 10.0. The Kier molecular flexibility index (Phi) is 6.63. The molecular weight excluding hydrogens is 388 g/mol. The van der Waals surface area contributed by atoms with Crippen molar-refractivity contribution in [2.75, 3.05) is 6.61 Å². The summed E-state index contributed by atoms with van der Waals surface area (Å²) in [7, 11) is 0. The molecule has 0 aromatic carbocycles. The molecule has 32 heavy (non-hydrogen) atoms. The molecule has 182 valence electrons. The van der Waals surface area contributed by atoms with Crippen molar-refractivity contribution in [1.29, 1.82) is 0 Å². The molecule has 1 heteroatoms. The van der Waals surface area contributed by atoms with Crippen molar-refractivity contribution in [1.82, 2.24) is 0 Å². The summed E-state index contributed by atoms with van der Waals surface area (Å²) in [6.07, 6.45) is 21.9. The highest BCUT2D eigenvalue weighted by Crippen LogP contribution is 2.67. The third-order valence-corrected chi connectivity index (χ3v) is 11.8. The summed E-state index contributed by atoms with van der Waals surface area (Å²) in [4.78, 5) is 0. The van der Waals surface area contributed by atoms with Gasteiger partial charge in [0.25, 0.3) is 0 Å². The number of hydrogen-bond acceptors (Lipinski definition) is 1. The molecule has 0 bridgehead atoms. The fraction of sp³-hybridized carbons (Fsp3) is 0.935. The molecule has 0 aromatic rings. The lowest BCUT2D eigenvalue weighted by molar-refractivity contribution is -0.0581. The van der Waals surface area contributed by atoms with Crippen LogP contribution in [0.2, 0.25) is 0 Å². The van der Waals surface area contributed by atoms with Gasteiger partial charge >= 0.3 is 0 Å². The molecule has 0 amide bonds. The molecule has 0 N–H and O–H groups in total. The zero-order chi connectivity index (χ0) is 22.5. The van der Waals surface area contributed by atoms with Crippen LogP contribution in [0.15, 0.2) is 11.6 Å². The van der Waals surface area contributed by atoms with E-state index < -0.39 is 0 Å². The van der Waals surface area contributed by atoms with E-state index in [0.29, 0.717) is 16.9 Å². The van der Waals surface area contributed by atoms with E-state index in [9.17, 15) is 0 Å². The van der Waals surface area contributed by atoms with Gasteiger partial charge in [0.15, 0.2) is 0 Å². The molecule has 4 aliphatic carbocycles. The van der Waals surface area contributed by atoms with Crippen LogP contribution in [0.25, 0.3) is 0 Å². The quantitative estimate of drug-likeness (QED) is 0.375. The van der Waals surface area contributed by atoms with Gasteiger partial charge in [-0.25, -0.2) is 0 Å². The SMILES string of the molecule is CC(C)CCC[C@@H](C)[C@H]1CC[C@H]2[C@@H]3CC=C4C[C@@H](C5CCCO5)CC[C@]4(C)[C@H]3CC[C@]12C. The zero-order valence-electron chi connectivity index (χ0n) is 22.0. The summed E-state index contributed by atoms with van der Waals surface area (Å²) in [5.41, 5.74) is 2.97. The second kappa shape index (κ2) is 9.05. The summed E-state index contributed by atoms with van der Waals surface area (Å²) in [5.74, 6) is 6.50. The number of fused-ring (bicyclic) bond motifs is 5. The van der Waals surface area contributed by atoms with Crippen LogP contribution in [0.3, 0.4) is 0 Å². The Bertz CT molecular complexity index is 687. The lowest BCUT2D eigenvalue weighted by Crippen LogP contribution is -2.51. The molecule has 1 saturated heterocycles. The molecule has 0 radical (unpaired) electrons. The fourth-order valence-electron chi connectivity index (χ4n) is 10.0. The average Bonchev–Trinajstić information content (AvgIpc) is 3.40. The molecule has 1 heterocycles. The van der Waals surface area contributed by atoms with Crippen molar-refractivity contribution in [3.8, 4) is 0 Å². The Hall–Kier alpha value is -0.300. The van der Waals surface area contributed by atoms with Gasteiger partial charge in [0, 0.05) is 6.61 Å². The smallest absolute Gasteiger partial charge is 0.0607 e. The maximum Gasteiger partial charge on any atom is 0.0607 e. The highest BCUT2D eigenvalue weighted by atomic mass is 16.5. The van der Waals surface area contributed by atoms with Gasteiger partial charge in [-0.1, -0.05) is 65.5 Å². The third kappa shape index (κ3) is 3.95. The number of allylic oxidation sites excluding steroid dienone is 2. The van der Waals surface area contributed by atoms with Gasteiger partial charge in [-0.05, 0) is 116 Å². The van der Waals surface area contributed by atoms with Gasteiger partial charge in [0.2, 0.25) is 0 Å². The highest BCUT2D eigenvalue weighted by Gasteiger charge is 2.59. The van der Waals surface area contributed by atoms with Crippen molar-refractivity contribution < 1.29 is 4.74 Å². The van der Waals surface area contributed by atoms with Crippen LogP contribution in [0.1, 0.15) is 118 Å². The number of rotatable bonds is 6. The van der Waals surface area contributed by atoms with E-state index in [2.05, 4.69) is 40.7 Å². The Morgan fingerprint density at radius 2 is 1.81 bits per heavy atom. The van der Waals surface area contributed by atoms with E-state index in [-0.39, 0.29) is 0 Å². The Morgan fingerprint density at radius 3 is 2.56 bits per heavy atom. The first-order chi connectivity index (χ1) is 15.3. The van der Waals surface area contributed by atoms with Gasteiger partial charge in [0.05, 0.1) is 6.10 Å². The molecule has 4 fully saturated rings. The van der Waals surface area contributed by atoms with Gasteiger partial charge in [-0.15, -0.1) is 0 Å². The maximum absolute atomic E-state index is 6.13. The summed E-state index contributed by atoms with van der Waals surface area (Å²) in [6.45, 7) is 13.8. The van der Waals surface area contributed by atoms with Gasteiger partial charge in [0.1, 0.15) is 0 Å². The predicted molar refractivity (Wildman–Crippen MR) is 136 cm³/mol. The minimum atomic E-state index is 0.500. The predicted octanol–water partition coefficient (Wildman–Crippen LogP) is 8.82. The lowest BCUT2D eigenvalue weighted by atomic mass is 9.46. The molecule has 5 aliphatic rings. The molecular formula is C31H52O. The van der Waals surface area contributed by atoms with E-state index in [0.717, 1.165) is 48.0 Å². The average molecular weight is 441 g/mol. The van der Waals surface area contributed by atoms with Crippen molar-refractivity contribution in [3.63, 3.8) is 0 Å². The van der Waals surface area contributed by atoms with Crippen LogP contribution in [0.5, 0.6) is 0 Å². The molecule has 1 aliphatic heterocycles. The first kappa shape index (κ1) is 23.4. The minimum absolute atomic E-state index is 0.500. The van der Waals surface area contributed by atoms with Crippen molar-refractivity contribution >= 4 is 0 Å². The monoisotopic (exact) mass is 440 g/mol. The van der Waals surface area contributed by atoms with Gasteiger partial charge in [-0.2, -0.15) is 0 Å². The summed E-state index contributed by atoms with van der Waals surface area (Å²) >= 11 is 0. The first-order valence-corrected chi connectivity index (χ1v) is 14.6. The molecule has 9 atom stereocenters. The van der Waals surface area contributed by atoms with Gasteiger partial charge in [-0.3, -0.25) is 0 Å². The zero-order valence-corrected chi connectivity index (χ0v) is 22.0. The summed E-state index contributed by atoms with van der Waals surface area (Å²) in [5, 5.41) is 0. The standard InChI is InChI=1S/C31H52O/c1-21(2)8-6-9-22(3)26-13-14-27-25-12-11-24-20-23(29-10-7-19-32-29)15-17-30(24,4)28(25)16-18-31(26,27)5/h11,21-23,25-29H,6-10,12-20H2,1-5H3/t22-,23+,25+,26-,27+,28+,29?,30+,31-/m1/s1. The third-order valence-electron chi connectivity index (χ3n) is 11.8. The van der Waals surface area contributed by atoms with E-state index in [1.54, 1.807) is 0 Å². The maximum atomic E-state index is 6.13. The van der Waals surface area contributed by atoms with Crippen LogP contribution in [-0.2, 0) is 4.74 Å². The Labute approximate surface area is 199 Å². The molecule has 1 nitrogen and oxygen atoms in total. The second-order valence-corrected chi connectivity index (χ2v) is 13.8. The molecule has 5 rings (SSSR count). The number of hydrogen-bond donors (Lipinski definition) is 0. The molecule has 1 unspecified atom stereocenters. The topological polar surface area (TPSA) is 9.23 Å². The molecule has 0 aromatic heterocycles. The lowest BCUT2D eigenvalue weighted by Gasteiger charge is -2.59. The highest BCUT2D eigenvalue weighted by molar-refractivity contribution is 5.25. The second-order valence-electron chi connectivity index (χ2n) is 13.8. The largest absolute Gasteiger partial charge is 0.378 e. The Balaban J connectivity index is 1.28. The van der Waals surface area contributed by atoms with Crippen LogP contribution in [0.4, 0.5) is 0 Å². The van der Waals surface area contributed by atoms with Crippen LogP contribution >= 0.6 is 0 Å². The van der Waals surface area contributed by atoms with E-state index in [1.165, 1.54) is 83.5 Å². The summed E-state index contributed by atoms with van der Waals surface area (Å²) < 4.78 is 6.13. The number of ether oxygens (including phenoxy) is 1. The van der Waals surface area contributed by atoms with Crippen molar-refractivity contribution in [3.05, 3.63) is 11.6 Å². The Morgan fingerprint density at radius 1 is 0.969 bits per heavy atom. The van der Waals surface area contributed by atoms with Crippen LogP contribution in [0, 0.1) is 52.3 Å². The molecule has 0 spiro atoms. The van der Waals surface area contributed by atoms with Gasteiger partial charge < -0.3 is 4.74 Å². The molecule has 3 saturated carbocycles. The summed E-state index contributed by atoms with van der Waals surface area (Å²) in [6, 6.07) is 0. The van der Waals surface area contributed by atoms with Crippen LogP contribution < -0.4 is 0 Å². The van der Waals surface area contributed by atoms with E-state index in [1.807, 2.05) is 5.57 Å². The normalized spacial score (nSPS) is 47.0. The first-order valence-electron chi connectivity index (χ1n) is 14.6. The minimum Gasteiger partial charge on any atom is -0.378 e.